The van der Waals surface area contributed by atoms with Crippen molar-refractivity contribution in [3.8, 4) is 0 Å². The second-order valence-corrected chi connectivity index (χ2v) is 21.4. The molecule has 0 rings (SSSR count). The van der Waals surface area contributed by atoms with Crippen molar-refractivity contribution < 1.29 is 28.6 Å². The van der Waals surface area contributed by atoms with E-state index < -0.39 is 6.10 Å². The molecule has 0 spiro atoms. The Morgan fingerprint density at radius 2 is 0.576 bits per heavy atom. The first-order valence-corrected chi connectivity index (χ1v) is 29.8. The lowest BCUT2D eigenvalue weighted by Crippen LogP contribution is -2.30. The average Bonchev–Trinajstić information content (AvgIpc) is 3.30. The van der Waals surface area contributed by atoms with Crippen LogP contribution in [0.25, 0.3) is 0 Å². The van der Waals surface area contributed by atoms with Gasteiger partial charge in [-0.05, 0) is 31.1 Å². The van der Waals surface area contributed by atoms with Crippen molar-refractivity contribution in [1.82, 2.24) is 0 Å². The highest BCUT2D eigenvalue weighted by atomic mass is 16.6. The van der Waals surface area contributed by atoms with Crippen molar-refractivity contribution in [1.29, 1.82) is 0 Å². The lowest BCUT2D eigenvalue weighted by atomic mass is 9.99. The summed E-state index contributed by atoms with van der Waals surface area (Å²) in [4.78, 5) is 38.2. The van der Waals surface area contributed by atoms with E-state index in [-0.39, 0.29) is 31.1 Å². The monoisotopic (exact) mass is 933 g/mol. The Kier molecular flexibility index (Phi) is 51.5. The highest BCUT2D eigenvalue weighted by Gasteiger charge is 2.19. The summed E-state index contributed by atoms with van der Waals surface area (Å²) in [6.45, 7) is 11.4. The molecule has 0 aromatic heterocycles. The molecule has 66 heavy (non-hydrogen) atoms. The summed E-state index contributed by atoms with van der Waals surface area (Å²) in [5.74, 6) is 0.858. The minimum absolute atomic E-state index is 0.0629. The number of rotatable bonds is 54. The minimum Gasteiger partial charge on any atom is -0.462 e. The van der Waals surface area contributed by atoms with Gasteiger partial charge in [0.15, 0.2) is 6.10 Å². The van der Waals surface area contributed by atoms with E-state index in [0.717, 1.165) is 69.6 Å². The zero-order valence-corrected chi connectivity index (χ0v) is 45.3. The number of esters is 3. The third-order valence-electron chi connectivity index (χ3n) is 14.1. The van der Waals surface area contributed by atoms with Gasteiger partial charge in [-0.25, -0.2) is 0 Å². The minimum atomic E-state index is -0.763. The second-order valence-electron chi connectivity index (χ2n) is 21.4. The fourth-order valence-electron chi connectivity index (χ4n) is 9.20. The van der Waals surface area contributed by atoms with Gasteiger partial charge in [0.05, 0.1) is 0 Å². The van der Waals surface area contributed by atoms with Gasteiger partial charge in [0, 0.05) is 19.3 Å². The van der Waals surface area contributed by atoms with Gasteiger partial charge in [0.25, 0.3) is 0 Å². The Balaban J connectivity index is 4.27. The second kappa shape index (κ2) is 52.8. The van der Waals surface area contributed by atoms with Crippen LogP contribution in [0.5, 0.6) is 0 Å². The van der Waals surface area contributed by atoms with E-state index in [1.54, 1.807) is 0 Å². The number of hydrogen-bond donors (Lipinski definition) is 0. The molecule has 0 aliphatic heterocycles. The molecule has 0 bridgehead atoms. The van der Waals surface area contributed by atoms with Crippen molar-refractivity contribution in [2.45, 2.75) is 343 Å². The summed E-state index contributed by atoms with van der Waals surface area (Å²) in [5, 5.41) is 0. The topological polar surface area (TPSA) is 78.9 Å². The maximum Gasteiger partial charge on any atom is 0.306 e. The summed E-state index contributed by atoms with van der Waals surface area (Å²) in [6, 6.07) is 0. The van der Waals surface area contributed by atoms with Gasteiger partial charge in [-0.1, -0.05) is 298 Å². The molecule has 0 saturated heterocycles. The molecule has 6 heteroatoms. The van der Waals surface area contributed by atoms with Gasteiger partial charge >= 0.3 is 17.9 Å². The molecule has 0 heterocycles. The molecular weight excluding hydrogens is 817 g/mol. The normalized spacial score (nSPS) is 12.5. The van der Waals surface area contributed by atoms with Crippen LogP contribution >= 0.6 is 0 Å². The van der Waals surface area contributed by atoms with Crippen LogP contribution in [-0.2, 0) is 28.6 Å². The van der Waals surface area contributed by atoms with Crippen LogP contribution in [0.4, 0.5) is 0 Å². The number of ether oxygens (including phenoxy) is 3. The Labute approximate surface area is 412 Å². The van der Waals surface area contributed by atoms with E-state index in [9.17, 15) is 14.4 Å². The first kappa shape index (κ1) is 64.4. The highest BCUT2D eigenvalue weighted by molar-refractivity contribution is 5.71. The molecule has 6 nitrogen and oxygen atoms in total. The molecule has 0 aliphatic rings. The maximum absolute atomic E-state index is 12.9. The van der Waals surface area contributed by atoms with Crippen LogP contribution in [0.15, 0.2) is 0 Å². The van der Waals surface area contributed by atoms with Gasteiger partial charge in [-0.15, -0.1) is 0 Å². The fraction of sp³-hybridized carbons (Fsp3) is 0.950. The highest BCUT2D eigenvalue weighted by Crippen LogP contribution is 2.19. The third-order valence-corrected chi connectivity index (χ3v) is 14.1. The molecule has 0 N–H and O–H groups in total. The Morgan fingerprint density at radius 3 is 0.864 bits per heavy atom. The molecule has 0 fully saturated rings. The molecule has 392 valence electrons. The number of hydrogen-bond acceptors (Lipinski definition) is 6. The van der Waals surface area contributed by atoms with Crippen LogP contribution < -0.4 is 0 Å². The largest absolute Gasteiger partial charge is 0.462 e. The number of carbonyl (C=O) groups excluding carboxylic acids is 3. The van der Waals surface area contributed by atoms with Crippen LogP contribution in [0, 0.1) is 11.8 Å². The molecule has 0 aromatic carbocycles. The van der Waals surface area contributed by atoms with E-state index >= 15 is 0 Å². The Hall–Kier alpha value is -1.59. The maximum atomic E-state index is 12.9. The van der Waals surface area contributed by atoms with Crippen molar-refractivity contribution in [2.75, 3.05) is 13.2 Å². The summed E-state index contributed by atoms with van der Waals surface area (Å²) < 4.78 is 16.9. The zero-order chi connectivity index (χ0) is 48.2. The van der Waals surface area contributed by atoms with Crippen molar-refractivity contribution in [3.05, 3.63) is 0 Å². The van der Waals surface area contributed by atoms with Gasteiger partial charge < -0.3 is 14.2 Å². The van der Waals surface area contributed by atoms with Crippen LogP contribution in [-0.4, -0.2) is 37.2 Å². The lowest BCUT2D eigenvalue weighted by Gasteiger charge is -2.18. The third kappa shape index (κ3) is 51.8. The van der Waals surface area contributed by atoms with E-state index in [4.69, 9.17) is 14.2 Å². The summed E-state index contributed by atoms with van der Waals surface area (Å²) in [7, 11) is 0. The molecular formula is C60H116O6. The van der Waals surface area contributed by atoms with Gasteiger partial charge in [-0.2, -0.15) is 0 Å². The van der Waals surface area contributed by atoms with E-state index in [2.05, 4.69) is 34.6 Å². The van der Waals surface area contributed by atoms with Gasteiger partial charge in [-0.3, -0.25) is 14.4 Å². The first-order valence-electron chi connectivity index (χ1n) is 29.8. The first-order chi connectivity index (χ1) is 32.3. The Morgan fingerprint density at radius 1 is 0.318 bits per heavy atom. The summed E-state index contributed by atoms with van der Waals surface area (Å²) >= 11 is 0. The van der Waals surface area contributed by atoms with Crippen molar-refractivity contribution in [2.24, 2.45) is 11.8 Å². The SMILES string of the molecule is CCCCCCCCCCCCCCCCCCCCC(=O)O[C@H](COC(=O)CCCCCCCCCCCCCCCCCC(C)C)COC(=O)CCCCCCCCCCC(C)CC. The standard InChI is InChI=1S/C60H116O6/c1-6-8-9-10-11-12-13-14-15-16-17-20-24-27-30-37-42-47-52-60(63)66-57(54-65-59(62)51-46-41-36-32-31-34-39-44-49-56(5)7-2)53-64-58(61)50-45-40-35-29-26-23-21-18-19-22-25-28-33-38-43-48-55(3)4/h55-57H,6-54H2,1-5H3/t56?,57-/m1/s1. The molecule has 0 aromatic rings. The molecule has 0 amide bonds. The number of carbonyl (C=O) groups is 3. The molecule has 0 radical (unpaired) electrons. The predicted molar refractivity (Wildman–Crippen MR) is 284 cm³/mol. The number of unbranched alkanes of at least 4 members (excludes halogenated alkanes) is 38. The van der Waals surface area contributed by atoms with Crippen LogP contribution in [0.3, 0.4) is 0 Å². The predicted octanol–water partition coefficient (Wildman–Crippen LogP) is 19.7. The van der Waals surface area contributed by atoms with E-state index in [1.165, 1.54) is 225 Å². The van der Waals surface area contributed by atoms with Crippen LogP contribution in [0.2, 0.25) is 0 Å². The van der Waals surface area contributed by atoms with Crippen molar-refractivity contribution >= 4 is 17.9 Å². The van der Waals surface area contributed by atoms with E-state index in [0.29, 0.717) is 19.3 Å². The van der Waals surface area contributed by atoms with E-state index in [1.807, 2.05) is 0 Å². The molecule has 2 atom stereocenters. The van der Waals surface area contributed by atoms with Gasteiger partial charge in [0.1, 0.15) is 13.2 Å². The van der Waals surface area contributed by atoms with Crippen LogP contribution in [0.1, 0.15) is 336 Å². The molecule has 0 aliphatic carbocycles. The van der Waals surface area contributed by atoms with Crippen molar-refractivity contribution in [3.63, 3.8) is 0 Å². The quantitative estimate of drug-likeness (QED) is 0.0343. The lowest BCUT2D eigenvalue weighted by molar-refractivity contribution is -0.167. The zero-order valence-electron chi connectivity index (χ0n) is 45.3. The molecule has 0 saturated carbocycles. The summed E-state index contributed by atoms with van der Waals surface area (Å²) in [5.41, 5.74) is 0. The fourth-order valence-corrected chi connectivity index (χ4v) is 9.20. The Bertz CT molecular complexity index is 1010. The average molecular weight is 934 g/mol. The summed E-state index contributed by atoms with van der Waals surface area (Å²) in [6.07, 6.45) is 56.6. The molecule has 1 unspecified atom stereocenters. The van der Waals surface area contributed by atoms with Gasteiger partial charge in [0.2, 0.25) is 0 Å². The smallest absolute Gasteiger partial charge is 0.306 e.